The molecule has 1 fully saturated rings. The first-order chi connectivity index (χ1) is 7.53. The normalized spacial score (nSPS) is 21.6. The summed E-state index contributed by atoms with van der Waals surface area (Å²) >= 11 is 13.3. The number of anilines is 1. The monoisotopic (exact) mass is 275 g/mol. The van der Waals surface area contributed by atoms with Gasteiger partial charge in [-0.25, -0.2) is 0 Å². The van der Waals surface area contributed by atoms with Gasteiger partial charge in [-0.1, -0.05) is 6.07 Å². The van der Waals surface area contributed by atoms with Crippen molar-refractivity contribution < 1.29 is 4.79 Å². The molecule has 1 aromatic rings. The first kappa shape index (κ1) is 12.1. The standard InChI is InChI=1S/C11H11Cl2NOS/c1-16-8-4-2-3-7(5-8)14-10(15)9-6-11(9,12)13/h2-5,9H,6H2,1H3,(H,14,15). The van der Waals surface area contributed by atoms with Crippen LogP contribution in [0.3, 0.4) is 0 Å². The second kappa shape index (κ2) is 4.47. The highest BCUT2D eigenvalue weighted by Gasteiger charge is 2.56. The number of amides is 1. The zero-order valence-corrected chi connectivity index (χ0v) is 11.0. The van der Waals surface area contributed by atoms with E-state index in [1.54, 1.807) is 11.8 Å². The van der Waals surface area contributed by atoms with Crippen LogP contribution in [-0.4, -0.2) is 16.5 Å². The van der Waals surface area contributed by atoms with Gasteiger partial charge >= 0.3 is 0 Å². The van der Waals surface area contributed by atoms with Gasteiger partial charge in [-0.05, 0) is 30.9 Å². The lowest BCUT2D eigenvalue weighted by Gasteiger charge is -2.06. The highest BCUT2D eigenvalue weighted by molar-refractivity contribution is 7.98. The maximum atomic E-state index is 11.7. The Morgan fingerprint density at radius 2 is 2.25 bits per heavy atom. The zero-order valence-electron chi connectivity index (χ0n) is 8.67. The molecule has 0 bridgehead atoms. The van der Waals surface area contributed by atoms with Crippen molar-refractivity contribution in [3.05, 3.63) is 24.3 Å². The number of thioether (sulfide) groups is 1. The summed E-state index contributed by atoms with van der Waals surface area (Å²) < 4.78 is -0.860. The van der Waals surface area contributed by atoms with Gasteiger partial charge in [-0.3, -0.25) is 4.79 Å². The predicted octanol–water partition coefficient (Wildman–Crippen LogP) is 3.54. The lowest BCUT2D eigenvalue weighted by Crippen LogP contribution is -2.16. The van der Waals surface area contributed by atoms with Crippen molar-refractivity contribution in [2.75, 3.05) is 11.6 Å². The third-order valence-electron chi connectivity index (χ3n) is 2.48. The van der Waals surface area contributed by atoms with Gasteiger partial charge in [0.1, 0.15) is 4.33 Å². The number of carbonyl (C=O) groups excluding carboxylic acids is 1. The summed E-state index contributed by atoms with van der Waals surface area (Å²) in [5.74, 6) is -0.392. The van der Waals surface area contributed by atoms with Gasteiger partial charge in [0, 0.05) is 10.6 Å². The molecule has 1 amide bonds. The lowest BCUT2D eigenvalue weighted by atomic mass is 10.3. The summed E-state index contributed by atoms with van der Waals surface area (Å²) in [6.07, 6.45) is 2.52. The van der Waals surface area contributed by atoms with E-state index in [2.05, 4.69) is 5.32 Å². The Bertz CT molecular complexity index is 422. The Hall–Kier alpha value is -0.380. The van der Waals surface area contributed by atoms with Crippen LogP contribution in [0.5, 0.6) is 0 Å². The summed E-state index contributed by atoms with van der Waals surface area (Å²) in [6.45, 7) is 0. The van der Waals surface area contributed by atoms with Crippen molar-refractivity contribution in [3.63, 3.8) is 0 Å². The molecule has 0 saturated heterocycles. The van der Waals surface area contributed by atoms with Gasteiger partial charge in [0.05, 0.1) is 5.92 Å². The number of hydrogen-bond acceptors (Lipinski definition) is 2. The molecule has 0 spiro atoms. The van der Waals surface area contributed by atoms with Crippen LogP contribution in [0.1, 0.15) is 6.42 Å². The molecule has 2 rings (SSSR count). The van der Waals surface area contributed by atoms with Crippen LogP contribution < -0.4 is 5.32 Å². The van der Waals surface area contributed by atoms with E-state index in [1.165, 1.54) is 0 Å². The van der Waals surface area contributed by atoms with Crippen molar-refractivity contribution in [3.8, 4) is 0 Å². The van der Waals surface area contributed by atoms with E-state index >= 15 is 0 Å². The molecular formula is C11H11Cl2NOS. The molecular weight excluding hydrogens is 265 g/mol. The van der Waals surface area contributed by atoms with Crippen LogP contribution in [-0.2, 0) is 4.79 Å². The molecule has 1 saturated carbocycles. The Morgan fingerprint density at radius 3 is 2.81 bits per heavy atom. The van der Waals surface area contributed by atoms with Crippen LogP contribution >= 0.6 is 35.0 Å². The summed E-state index contributed by atoms with van der Waals surface area (Å²) in [6, 6.07) is 7.67. The minimum atomic E-state index is -0.860. The largest absolute Gasteiger partial charge is 0.326 e. The second-order valence-corrected chi connectivity index (χ2v) is 6.16. The molecule has 1 aliphatic carbocycles. The van der Waals surface area contributed by atoms with Gasteiger partial charge in [-0.15, -0.1) is 35.0 Å². The van der Waals surface area contributed by atoms with Crippen molar-refractivity contribution in [2.45, 2.75) is 15.6 Å². The van der Waals surface area contributed by atoms with E-state index in [4.69, 9.17) is 23.2 Å². The highest BCUT2D eigenvalue weighted by Crippen LogP contribution is 2.53. The number of alkyl halides is 2. The minimum Gasteiger partial charge on any atom is -0.326 e. The maximum absolute atomic E-state index is 11.7. The Kier molecular flexibility index (Phi) is 3.38. The third-order valence-corrected chi connectivity index (χ3v) is 4.04. The molecule has 1 unspecified atom stereocenters. The van der Waals surface area contributed by atoms with Crippen LogP contribution in [0.25, 0.3) is 0 Å². The molecule has 0 heterocycles. The molecule has 0 aromatic heterocycles. The summed E-state index contributed by atoms with van der Waals surface area (Å²) in [5, 5.41) is 2.81. The molecule has 86 valence electrons. The van der Waals surface area contributed by atoms with Crippen molar-refractivity contribution in [1.29, 1.82) is 0 Å². The van der Waals surface area contributed by atoms with Crippen molar-refractivity contribution in [1.82, 2.24) is 0 Å². The number of hydrogen-bond donors (Lipinski definition) is 1. The van der Waals surface area contributed by atoms with E-state index < -0.39 is 4.33 Å². The fourth-order valence-electron chi connectivity index (χ4n) is 1.43. The SMILES string of the molecule is CSc1cccc(NC(=O)C2CC2(Cl)Cl)c1. The van der Waals surface area contributed by atoms with E-state index in [1.807, 2.05) is 30.5 Å². The number of halogens is 2. The number of benzene rings is 1. The highest BCUT2D eigenvalue weighted by atomic mass is 35.5. The van der Waals surface area contributed by atoms with Gasteiger partial charge in [0.2, 0.25) is 5.91 Å². The summed E-state index contributed by atoms with van der Waals surface area (Å²) in [5.41, 5.74) is 0.785. The molecule has 1 N–H and O–H groups in total. The zero-order chi connectivity index (χ0) is 11.8. The molecule has 2 nitrogen and oxygen atoms in total. The fourth-order valence-corrected chi connectivity index (χ4v) is 2.39. The van der Waals surface area contributed by atoms with Crippen LogP contribution in [0.15, 0.2) is 29.2 Å². The minimum absolute atomic E-state index is 0.108. The Labute approximate surface area is 109 Å². The average molecular weight is 276 g/mol. The quantitative estimate of drug-likeness (QED) is 0.675. The van der Waals surface area contributed by atoms with E-state index in [9.17, 15) is 4.79 Å². The Morgan fingerprint density at radius 1 is 1.56 bits per heavy atom. The molecule has 1 atom stereocenters. The first-order valence-electron chi connectivity index (χ1n) is 4.85. The summed E-state index contributed by atoms with van der Waals surface area (Å²) in [7, 11) is 0. The van der Waals surface area contributed by atoms with E-state index in [-0.39, 0.29) is 11.8 Å². The smallest absolute Gasteiger partial charge is 0.230 e. The van der Waals surface area contributed by atoms with Gasteiger partial charge in [0.15, 0.2) is 0 Å². The predicted molar refractivity (Wildman–Crippen MR) is 69.4 cm³/mol. The second-order valence-electron chi connectivity index (χ2n) is 3.74. The molecule has 0 radical (unpaired) electrons. The third kappa shape index (κ3) is 2.65. The van der Waals surface area contributed by atoms with E-state index in [0.717, 1.165) is 10.6 Å². The molecule has 5 heteroatoms. The number of rotatable bonds is 3. The maximum Gasteiger partial charge on any atom is 0.230 e. The van der Waals surface area contributed by atoms with Gasteiger partial charge in [-0.2, -0.15) is 0 Å². The molecule has 1 aromatic carbocycles. The number of carbonyl (C=O) groups is 1. The first-order valence-corrected chi connectivity index (χ1v) is 6.84. The molecule has 1 aliphatic rings. The van der Waals surface area contributed by atoms with Gasteiger partial charge in [0.25, 0.3) is 0 Å². The van der Waals surface area contributed by atoms with Crippen molar-refractivity contribution >= 4 is 46.6 Å². The van der Waals surface area contributed by atoms with E-state index in [0.29, 0.717) is 6.42 Å². The van der Waals surface area contributed by atoms with Crippen LogP contribution in [0.2, 0.25) is 0 Å². The number of nitrogens with one attached hydrogen (secondary N) is 1. The lowest BCUT2D eigenvalue weighted by molar-refractivity contribution is -0.117. The summed E-state index contributed by atoms with van der Waals surface area (Å²) in [4.78, 5) is 12.8. The molecule has 16 heavy (non-hydrogen) atoms. The van der Waals surface area contributed by atoms with Crippen LogP contribution in [0.4, 0.5) is 5.69 Å². The topological polar surface area (TPSA) is 29.1 Å². The molecule has 0 aliphatic heterocycles. The average Bonchev–Trinajstić information content (AvgIpc) is 2.88. The van der Waals surface area contributed by atoms with Crippen LogP contribution in [0, 0.1) is 5.92 Å². The van der Waals surface area contributed by atoms with Crippen molar-refractivity contribution in [2.24, 2.45) is 5.92 Å². The van der Waals surface area contributed by atoms with Gasteiger partial charge < -0.3 is 5.32 Å². The Balaban J connectivity index is 2.01. The fraction of sp³-hybridized carbons (Fsp3) is 0.364.